The van der Waals surface area contributed by atoms with Crippen LogP contribution in [0.4, 0.5) is 17.1 Å². The summed E-state index contributed by atoms with van der Waals surface area (Å²) in [5.74, 6) is 0. The largest absolute Gasteiger partial charge is 0.456 e. The lowest BCUT2D eigenvalue weighted by Gasteiger charge is -2.27. The monoisotopic (exact) mass is 626 g/mol. The maximum atomic E-state index is 6.42. The van der Waals surface area contributed by atoms with Crippen molar-refractivity contribution in [2.24, 2.45) is 0 Å². The lowest BCUT2D eigenvalue weighted by molar-refractivity contribution is 0.669. The van der Waals surface area contributed by atoms with Gasteiger partial charge in [0.2, 0.25) is 0 Å². The molecule has 0 N–H and O–H groups in total. The van der Waals surface area contributed by atoms with Gasteiger partial charge in [-0.25, -0.2) is 0 Å². The second-order valence-electron chi connectivity index (χ2n) is 12.5. The van der Waals surface area contributed by atoms with Gasteiger partial charge in [-0.1, -0.05) is 121 Å². The Balaban J connectivity index is 1.37. The molecule has 230 valence electrons. The van der Waals surface area contributed by atoms with E-state index in [-0.39, 0.29) is 0 Å². The van der Waals surface area contributed by atoms with Gasteiger partial charge in [0.15, 0.2) is 0 Å². The van der Waals surface area contributed by atoms with Crippen molar-refractivity contribution in [3.63, 3.8) is 0 Å². The molecule has 0 bridgehead atoms. The highest BCUT2D eigenvalue weighted by molar-refractivity contribution is 6.26. The van der Waals surface area contributed by atoms with Crippen molar-refractivity contribution < 1.29 is 4.42 Å². The third kappa shape index (κ3) is 4.29. The van der Waals surface area contributed by atoms with Crippen molar-refractivity contribution in [3.05, 3.63) is 182 Å². The van der Waals surface area contributed by atoms with Gasteiger partial charge in [0, 0.05) is 50.1 Å². The Morgan fingerprint density at radius 1 is 0.429 bits per heavy atom. The number of anilines is 3. The molecule has 10 aromatic rings. The van der Waals surface area contributed by atoms with Crippen LogP contribution in [0.1, 0.15) is 0 Å². The maximum Gasteiger partial charge on any atom is 0.137 e. The molecule has 2 heterocycles. The first-order valence-electron chi connectivity index (χ1n) is 16.7. The van der Waals surface area contributed by atoms with Crippen LogP contribution in [-0.2, 0) is 0 Å². The first kappa shape index (κ1) is 27.5. The predicted octanol–water partition coefficient (Wildman–Crippen LogP) is 13.0. The Hall–Kier alpha value is -6.58. The van der Waals surface area contributed by atoms with E-state index in [4.69, 9.17) is 4.42 Å². The van der Waals surface area contributed by atoms with E-state index in [2.05, 4.69) is 179 Å². The molecule has 0 radical (unpaired) electrons. The second kappa shape index (κ2) is 11.0. The van der Waals surface area contributed by atoms with Crippen molar-refractivity contribution >= 4 is 71.6 Å². The molecular formula is C46H30N2O. The van der Waals surface area contributed by atoms with E-state index in [1.807, 2.05) is 12.1 Å². The number of aromatic nitrogens is 1. The predicted molar refractivity (Wildman–Crippen MR) is 206 cm³/mol. The van der Waals surface area contributed by atoms with Crippen molar-refractivity contribution in [1.82, 2.24) is 4.57 Å². The highest BCUT2D eigenvalue weighted by Crippen LogP contribution is 2.48. The minimum Gasteiger partial charge on any atom is -0.456 e. The quantitative estimate of drug-likeness (QED) is 0.190. The van der Waals surface area contributed by atoms with Crippen molar-refractivity contribution in [2.75, 3.05) is 4.90 Å². The van der Waals surface area contributed by atoms with Gasteiger partial charge in [-0.3, -0.25) is 0 Å². The van der Waals surface area contributed by atoms with Crippen molar-refractivity contribution in [1.29, 1.82) is 0 Å². The number of hydrogen-bond acceptors (Lipinski definition) is 2. The smallest absolute Gasteiger partial charge is 0.137 e. The minimum atomic E-state index is 0.868. The van der Waals surface area contributed by atoms with E-state index in [9.17, 15) is 0 Å². The van der Waals surface area contributed by atoms with Crippen LogP contribution in [0.3, 0.4) is 0 Å². The van der Waals surface area contributed by atoms with E-state index in [0.717, 1.165) is 50.2 Å². The third-order valence-corrected chi connectivity index (χ3v) is 9.73. The molecule has 0 aliphatic rings. The fourth-order valence-electron chi connectivity index (χ4n) is 7.63. The summed E-state index contributed by atoms with van der Waals surface area (Å²) in [6, 6.07) is 64.9. The van der Waals surface area contributed by atoms with E-state index < -0.39 is 0 Å². The van der Waals surface area contributed by atoms with Crippen LogP contribution in [0.25, 0.3) is 71.3 Å². The number of rotatable bonds is 5. The number of para-hydroxylation sites is 4. The zero-order chi connectivity index (χ0) is 32.3. The summed E-state index contributed by atoms with van der Waals surface area (Å²) in [4.78, 5) is 2.37. The summed E-state index contributed by atoms with van der Waals surface area (Å²) in [6.07, 6.45) is 0. The Kier molecular flexibility index (Phi) is 6.18. The molecule has 0 spiro atoms. The standard InChI is InChI=1S/C46H30N2O/c1-4-15-31(16-5-1)40-29-32-17-10-11-22-36(32)46-44(40)39-24-14-25-41(45(39)48(46)34-20-8-3-9-21-34)47(33-18-6-2-7-19-33)35-27-28-38-37-23-12-13-26-42(37)49-43(38)30-35/h1-30H. The van der Waals surface area contributed by atoms with Crippen molar-refractivity contribution in [2.45, 2.75) is 0 Å². The highest BCUT2D eigenvalue weighted by Gasteiger charge is 2.25. The SMILES string of the molecule is c1ccc(-c2cc3ccccc3c3c2c2cccc(N(c4ccccc4)c4ccc5c(c4)oc4ccccc45)c2n3-c2ccccc2)cc1. The molecule has 0 amide bonds. The molecule has 10 rings (SSSR count). The van der Waals surface area contributed by atoms with Gasteiger partial charge in [-0.05, 0) is 71.1 Å². The van der Waals surface area contributed by atoms with E-state index in [0.29, 0.717) is 0 Å². The van der Waals surface area contributed by atoms with Gasteiger partial charge in [0.25, 0.3) is 0 Å². The normalized spacial score (nSPS) is 11.7. The number of furan rings is 1. The van der Waals surface area contributed by atoms with Gasteiger partial charge >= 0.3 is 0 Å². The molecular weight excluding hydrogens is 597 g/mol. The average Bonchev–Trinajstić information content (AvgIpc) is 3.72. The second-order valence-corrected chi connectivity index (χ2v) is 12.5. The molecule has 0 atom stereocenters. The molecule has 49 heavy (non-hydrogen) atoms. The van der Waals surface area contributed by atoms with E-state index >= 15 is 0 Å². The van der Waals surface area contributed by atoms with Crippen LogP contribution in [0, 0.1) is 0 Å². The summed E-state index contributed by atoms with van der Waals surface area (Å²) in [6.45, 7) is 0. The van der Waals surface area contributed by atoms with Crippen LogP contribution in [-0.4, -0.2) is 4.57 Å². The molecule has 0 saturated heterocycles. The third-order valence-electron chi connectivity index (χ3n) is 9.73. The molecule has 2 aromatic heterocycles. The Morgan fingerprint density at radius 3 is 1.90 bits per heavy atom. The number of hydrogen-bond donors (Lipinski definition) is 0. The molecule has 3 heteroatoms. The Morgan fingerprint density at radius 2 is 1.08 bits per heavy atom. The van der Waals surface area contributed by atoms with Gasteiger partial charge in [0.1, 0.15) is 11.2 Å². The topological polar surface area (TPSA) is 21.3 Å². The molecule has 0 fully saturated rings. The van der Waals surface area contributed by atoms with E-state index in [1.165, 1.54) is 38.2 Å². The number of nitrogens with zero attached hydrogens (tertiary/aromatic N) is 2. The van der Waals surface area contributed by atoms with Crippen LogP contribution in [0.5, 0.6) is 0 Å². The van der Waals surface area contributed by atoms with Gasteiger partial charge < -0.3 is 13.9 Å². The minimum absolute atomic E-state index is 0.868. The number of fused-ring (bicyclic) bond motifs is 8. The highest BCUT2D eigenvalue weighted by atomic mass is 16.3. The Labute approximate surface area is 283 Å². The molecule has 0 aliphatic carbocycles. The zero-order valence-electron chi connectivity index (χ0n) is 26.6. The molecule has 3 nitrogen and oxygen atoms in total. The van der Waals surface area contributed by atoms with Crippen LogP contribution < -0.4 is 4.90 Å². The first-order chi connectivity index (χ1) is 24.3. The lowest BCUT2D eigenvalue weighted by Crippen LogP contribution is -2.11. The molecule has 0 saturated carbocycles. The first-order valence-corrected chi connectivity index (χ1v) is 16.7. The Bertz CT molecular complexity index is 2810. The zero-order valence-corrected chi connectivity index (χ0v) is 26.6. The van der Waals surface area contributed by atoms with E-state index in [1.54, 1.807) is 0 Å². The maximum absolute atomic E-state index is 6.42. The van der Waals surface area contributed by atoms with Crippen LogP contribution >= 0.6 is 0 Å². The fraction of sp³-hybridized carbons (Fsp3) is 0. The summed E-state index contributed by atoms with van der Waals surface area (Å²) in [7, 11) is 0. The summed E-state index contributed by atoms with van der Waals surface area (Å²) >= 11 is 0. The fourth-order valence-corrected chi connectivity index (χ4v) is 7.63. The molecule has 8 aromatic carbocycles. The summed E-state index contributed by atoms with van der Waals surface area (Å²) < 4.78 is 8.90. The van der Waals surface area contributed by atoms with Crippen LogP contribution in [0.2, 0.25) is 0 Å². The van der Waals surface area contributed by atoms with Crippen molar-refractivity contribution in [3.8, 4) is 16.8 Å². The number of benzene rings is 8. The van der Waals surface area contributed by atoms with Gasteiger partial charge in [0.05, 0.1) is 16.7 Å². The van der Waals surface area contributed by atoms with Gasteiger partial charge in [-0.2, -0.15) is 0 Å². The molecule has 0 aliphatic heterocycles. The van der Waals surface area contributed by atoms with Crippen LogP contribution in [0.15, 0.2) is 186 Å². The average molecular weight is 627 g/mol. The lowest BCUT2D eigenvalue weighted by atomic mass is 9.95. The van der Waals surface area contributed by atoms with Gasteiger partial charge in [-0.15, -0.1) is 0 Å². The molecule has 0 unspecified atom stereocenters. The summed E-state index contributed by atoms with van der Waals surface area (Å²) in [5.41, 5.74) is 10.8. The summed E-state index contributed by atoms with van der Waals surface area (Å²) in [5, 5.41) is 7.12.